The molecule has 0 bridgehead atoms. The van der Waals surface area contributed by atoms with Crippen molar-refractivity contribution in [1.29, 1.82) is 0 Å². The summed E-state index contributed by atoms with van der Waals surface area (Å²) in [6, 6.07) is 26.7. The second-order valence-electron chi connectivity index (χ2n) is 14.0. The number of non-ortho nitro benzene ring substituents is 1. The zero-order valence-corrected chi connectivity index (χ0v) is 30.3. The molecule has 11 nitrogen and oxygen atoms in total. The largest absolute Gasteiger partial charge is 0.478 e. The van der Waals surface area contributed by atoms with Crippen molar-refractivity contribution in [3.63, 3.8) is 0 Å². The highest BCUT2D eigenvalue weighted by Crippen LogP contribution is 2.44. The third kappa shape index (κ3) is 8.20. The van der Waals surface area contributed by atoms with Crippen LogP contribution in [-0.4, -0.2) is 68.7 Å². The number of unbranched alkanes of at least 4 members (excludes halogenated alkanes) is 2. The Morgan fingerprint density at radius 1 is 0.887 bits per heavy atom. The molecule has 0 amide bonds. The lowest BCUT2D eigenvalue weighted by Crippen LogP contribution is -2.52. The fourth-order valence-electron chi connectivity index (χ4n) is 8.07. The lowest BCUT2D eigenvalue weighted by Gasteiger charge is -2.43. The Bertz CT molecular complexity index is 1950. The normalized spacial score (nSPS) is 19.0. The van der Waals surface area contributed by atoms with Crippen LogP contribution in [0, 0.1) is 10.1 Å². The van der Waals surface area contributed by atoms with Crippen molar-refractivity contribution in [3.05, 3.63) is 140 Å². The van der Waals surface area contributed by atoms with Gasteiger partial charge in [-0.05, 0) is 82.8 Å². The first kappa shape index (κ1) is 38.5. The standard InChI is InChI=1S/C42H45N3O8/c1-28-37(29(2)46)38(30-14-13-19-33(26-30)45(52)53)39(41(3,43-28)34(40(50)51)27-36(48)49)35(47)20-11-6-12-23-44-24-21-42(22-25-44,31-15-7-4-8-16-31)32-17-9-5-10-18-32/h4-5,7-10,13-19,26-27,43H,6,11-12,20-25H2,1-3H3,(H,48,49)(H,50,51)/b34-27-. The van der Waals surface area contributed by atoms with Crippen LogP contribution in [0.15, 0.2) is 113 Å². The van der Waals surface area contributed by atoms with Crippen molar-refractivity contribution < 1.29 is 34.3 Å². The number of Topliss-reactive ketones (excluding diaryl/α,β-unsaturated/α-hetero) is 2. The Morgan fingerprint density at radius 3 is 2.02 bits per heavy atom. The smallest absolute Gasteiger partial charge is 0.334 e. The van der Waals surface area contributed by atoms with Gasteiger partial charge in [0, 0.05) is 52.5 Å². The zero-order valence-electron chi connectivity index (χ0n) is 30.3. The van der Waals surface area contributed by atoms with E-state index in [0.717, 1.165) is 38.9 Å². The number of ketones is 2. The van der Waals surface area contributed by atoms with Crippen LogP contribution in [0.4, 0.5) is 5.69 Å². The lowest BCUT2D eigenvalue weighted by atomic mass is 9.68. The summed E-state index contributed by atoms with van der Waals surface area (Å²) in [5, 5.41) is 34.6. The maximum absolute atomic E-state index is 14.4. The van der Waals surface area contributed by atoms with E-state index in [-0.39, 0.29) is 45.5 Å². The number of carbonyl (C=O) groups is 4. The molecule has 276 valence electrons. The quantitative estimate of drug-likeness (QED) is 0.0652. The maximum atomic E-state index is 14.4. The van der Waals surface area contributed by atoms with Gasteiger partial charge >= 0.3 is 11.9 Å². The number of allylic oxidation sites excluding steroid dienone is 3. The topological polar surface area (TPSA) is 167 Å². The van der Waals surface area contributed by atoms with Crippen LogP contribution >= 0.6 is 0 Å². The van der Waals surface area contributed by atoms with Crippen LogP contribution < -0.4 is 5.32 Å². The van der Waals surface area contributed by atoms with Gasteiger partial charge in [-0.15, -0.1) is 0 Å². The van der Waals surface area contributed by atoms with Crippen molar-refractivity contribution in [2.75, 3.05) is 19.6 Å². The van der Waals surface area contributed by atoms with E-state index in [2.05, 4.69) is 58.7 Å². The number of likely N-dealkylation sites (tertiary alicyclic amines) is 1. The first-order valence-electron chi connectivity index (χ1n) is 17.8. The number of hydrogen-bond donors (Lipinski definition) is 3. The predicted octanol–water partition coefficient (Wildman–Crippen LogP) is 6.88. The van der Waals surface area contributed by atoms with Crippen LogP contribution in [0.3, 0.4) is 0 Å². The average molecular weight is 720 g/mol. The molecule has 53 heavy (non-hydrogen) atoms. The van der Waals surface area contributed by atoms with Gasteiger partial charge in [0.1, 0.15) is 0 Å². The molecule has 2 aliphatic heterocycles. The summed E-state index contributed by atoms with van der Waals surface area (Å²) in [5.41, 5.74) is 0.147. The third-order valence-electron chi connectivity index (χ3n) is 10.6. The molecule has 1 fully saturated rings. The number of carbonyl (C=O) groups excluding carboxylic acids is 2. The van der Waals surface area contributed by atoms with E-state index in [1.54, 1.807) is 0 Å². The number of dihydropyridines is 1. The van der Waals surface area contributed by atoms with Gasteiger partial charge in [-0.1, -0.05) is 79.2 Å². The molecule has 2 aliphatic rings. The molecule has 0 spiro atoms. The number of aliphatic carboxylic acids is 2. The highest BCUT2D eigenvalue weighted by Gasteiger charge is 2.47. The summed E-state index contributed by atoms with van der Waals surface area (Å²) in [4.78, 5) is 65.5. The van der Waals surface area contributed by atoms with Crippen LogP contribution in [0.25, 0.3) is 5.57 Å². The van der Waals surface area contributed by atoms with Crippen molar-refractivity contribution >= 4 is 34.8 Å². The van der Waals surface area contributed by atoms with E-state index < -0.39 is 39.5 Å². The van der Waals surface area contributed by atoms with Crippen LogP contribution in [0.5, 0.6) is 0 Å². The molecular formula is C42H45N3O8. The van der Waals surface area contributed by atoms with Crippen molar-refractivity contribution in [2.45, 2.75) is 70.3 Å². The number of benzene rings is 3. The Labute approximate surface area is 308 Å². The fourth-order valence-corrected chi connectivity index (χ4v) is 8.07. The molecule has 11 heteroatoms. The van der Waals surface area contributed by atoms with Gasteiger partial charge in [-0.25, -0.2) is 9.59 Å². The number of nitrogens with zero attached hydrogens (tertiary/aromatic N) is 2. The van der Waals surface area contributed by atoms with E-state index in [1.807, 2.05) is 12.1 Å². The number of nitrogens with one attached hydrogen (secondary N) is 1. The molecule has 0 aromatic heterocycles. The van der Waals surface area contributed by atoms with Gasteiger partial charge in [-0.2, -0.15) is 0 Å². The van der Waals surface area contributed by atoms with Crippen LogP contribution in [-0.2, 0) is 24.6 Å². The van der Waals surface area contributed by atoms with Crippen molar-refractivity contribution in [2.24, 2.45) is 0 Å². The third-order valence-corrected chi connectivity index (χ3v) is 10.6. The van der Waals surface area contributed by atoms with E-state index in [9.17, 15) is 39.5 Å². The average Bonchev–Trinajstić information content (AvgIpc) is 3.14. The Morgan fingerprint density at radius 2 is 1.49 bits per heavy atom. The first-order valence-corrected chi connectivity index (χ1v) is 17.8. The van der Waals surface area contributed by atoms with E-state index in [4.69, 9.17) is 0 Å². The molecule has 0 aliphatic carbocycles. The molecule has 0 saturated carbocycles. The number of nitro groups is 1. The molecular weight excluding hydrogens is 674 g/mol. The molecule has 0 radical (unpaired) electrons. The van der Waals surface area contributed by atoms with Gasteiger partial charge in [0.2, 0.25) is 0 Å². The minimum atomic E-state index is -1.89. The summed E-state index contributed by atoms with van der Waals surface area (Å²) in [6.07, 6.45) is 4.43. The number of nitro benzene ring substituents is 1. The molecule has 3 aromatic rings. The Kier molecular flexibility index (Phi) is 11.9. The van der Waals surface area contributed by atoms with E-state index in [1.165, 1.54) is 56.2 Å². The SMILES string of the molecule is CC(=O)C1=C(C)NC(C)(/C(=C\C(=O)O)C(=O)O)C(C(=O)CCCCCN2CCC(c3ccccc3)(c3ccccc3)CC2)=C1c1cccc([N+](=O)[O-])c1. The number of hydrogen-bond acceptors (Lipinski definition) is 8. The molecule has 3 N–H and O–H groups in total. The minimum Gasteiger partial charge on any atom is -0.478 e. The summed E-state index contributed by atoms with van der Waals surface area (Å²) >= 11 is 0. The van der Waals surface area contributed by atoms with Gasteiger partial charge in [0.15, 0.2) is 11.6 Å². The lowest BCUT2D eigenvalue weighted by molar-refractivity contribution is -0.384. The maximum Gasteiger partial charge on any atom is 0.334 e. The van der Waals surface area contributed by atoms with Crippen LogP contribution in [0.2, 0.25) is 0 Å². The predicted molar refractivity (Wildman–Crippen MR) is 201 cm³/mol. The van der Waals surface area contributed by atoms with Crippen molar-refractivity contribution in [1.82, 2.24) is 10.2 Å². The van der Waals surface area contributed by atoms with Gasteiger partial charge in [0.25, 0.3) is 5.69 Å². The number of carboxylic acid groups (broad SMARTS) is 2. The fraction of sp³-hybridized carbons (Fsp3) is 0.333. The Hall–Kier alpha value is -5.68. The molecule has 1 saturated heterocycles. The first-order chi connectivity index (χ1) is 25.3. The molecule has 5 rings (SSSR count). The highest BCUT2D eigenvalue weighted by atomic mass is 16.6. The summed E-state index contributed by atoms with van der Waals surface area (Å²) in [6.45, 7) is 6.88. The molecule has 3 aromatic carbocycles. The molecule has 1 atom stereocenters. The van der Waals surface area contributed by atoms with Gasteiger partial charge in [-0.3, -0.25) is 19.7 Å². The number of piperidine rings is 1. The zero-order chi connectivity index (χ0) is 38.3. The van der Waals surface area contributed by atoms with Crippen molar-refractivity contribution in [3.8, 4) is 0 Å². The second kappa shape index (κ2) is 16.3. The highest BCUT2D eigenvalue weighted by molar-refractivity contribution is 6.19. The second-order valence-corrected chi connectivity index (χ2v) is 14.0. The Balaban J connectivity index is 1.37. The van der Waals surface area contributed by atoms with E-state index in [0.29, 0.717) is 18.9 Å². The van der Waals surface area contributed by atoms with Gasteiger partial charge < -0.3 is 20.4 Å². The summed E-state index contributed by atoms with van der Waals surface area (Å²) in [5.74, 6) is -4.04. The minimum absolute atomic E-state index is 0.0135. The van der Waals surface area contributed by atoms with E-state index >= 15 is 0 Å². The number of carboxylic acids is 2. The van der Waals surface area contributed by atoms with Gasteiger partial charge in [0.05, 0.1) is 16.0 Å². The molecule has 2 heterocycles. The summed E-state index contributed by atoms with van der Waals surface area (Å²) in [7, 11) is 0. The monoisotopic (exact) mass is 719 g/mol. The van der Waals surface area contributed by atoms with Crippen LogP contribution in [0.1, 0.15) is 76.0 Å². The summed E-state index contributed by atoms with van der Waals surface area (Å²) < 4.78 is 0. The molecule has 1 unspecified atom stereocenters. The number of rotatable bonds is 15.